The predicted molar refractivity (Wildman–Crippen MR) is 85.7 cm³/mol. The molecule has 22 heavy (non-hydrogen) atoms. The molecule has 5 nitrogen and oxygen atoms in total. The second-order valence-corrected chi connectivity index (χ2v) is 6.52. The van der Waals surface area contributed by atoms with Crippen LogP contribution in [0.25, 0.3) is 5.53 Å². The molecular weight excluding hydrogens is 278 g/mol. The number of rotatable bonds is 6. The third-order valence-electron chi connectivity index (χ3n) is 5.05. The summed E-state index contributed by atoms with van der Waals surface area (Å²) in [5, 5.41) is 0. The van der Waals surface area contributed by atoms with E-state index in [-0.39, 0.29) is 5.71 Å². The van der Waals surface area contributed by atoms with E-state index in [1.165, 1.54) is 64.2 Å². The van der Waals surface area contributed by atoms with Gasteiger partial charge < -0.3 is 10.3 Å². The van der Waals surface area contributed by atoms with Crippen molar-refractivity contribution in [1.82, 2.24) is 4.90 Å². The van der Waals surface area contributed by atoms with E-state index in [9.17, 15) is 10.3 Å². The first-order valence-corrected chi connectivity index (χ1v) is 8.90. The molecule has 0 aromatic rings. The van der Waals surface area contributed by atoms with Crippen molar-refractivity contribution in [2.75, 3.05) is 13.2 Å². The summed E-state index contributed by atoms with van der Waals surface area (Å²) < 4.78 is 5.01. The van der Waals surface area contributed by atoms with Crippen LogP contribution in [0.15, 0.2) is 0 Å². The highest BCUT2D eigenvalue weighted by Crippen LogP contribution is 2.30. The van der Waals surface area contributed by atoms with Gasteiger partial charge in [0.1, 0.15) is 6.54 Å². The van der Waals surface area contributed by atoms with Gasteiger partial charge in [0, 0.05) is 12.1 Å². The Morgan fingerprint density at radius 3 is 1.95 bits per heavy atom. The van der Waals surface area contributed by atoms with E-state index in [1.807, 2.05) is 0 Å². The van der Waals surface area contributed by atoms with Gasteiger partial charge in [0.15, 0.2) is 0 Å². The highest BCUT2D eigenvalue weighted by atomic mass is 16.5. The predicted octanol–water partition coefficient (Wildman–Crippen LogP) is 3.19. The van der Waals surface area contributed by atoms with Gasteiger partial charge in [0.05, 0.1) is 6.61 Å². The summed E-state index contributed by atoms with van der Waals surface area (Å²) in [5.74, 6) is -0.485. The summed E-state index contributed by atoms with van der Waals surface area (Å²) in [5.41, 5.74) is 9.38. The lowest BCUT2D eigenvalue weighted by atomic mass is 9.88. The molecule has 0 aromatic heterocycles. The number of carbonyl (C=O) groups excluding carboxylic acids is 1. The van der Waals surface area contributed by atoms with Gasteiger partial charge in [0.25, 0.3) is 0 Å². The molecule has 2 rings (SSSR count). The topological polar surface area (TPSA) is 65.9 Å². The largest absolute Gasteiger partial charge is 0.457 e. The van der Waals surface area contributed by atoms with Crippen LogP contribution in [-0.4, -0.2) is 46.6 Å². The van der Waals surface area contributed by atoms with E-state index in [2.05, 4.69) is 9.69 Å². The summed E-state index contributed by atoms with van der Waals surface area (Å²) in [6.07, 6.45) is 12.4. The maximum absolute atomic E-state index is 11.9. The van der Waals surface area contributed by atoms with Gasteiger partial charge in [-0.15, -0.1) is 0 Å². The Hall–Kier alpha value is -1.19. The summed E-state index contributed by atoms with van der Waals surface area (Å²) in [6, 6.07) is 1.03. The van der Waals surface area contributed by atoms with Crippen LogP contribution in [0.5, 0.6) is 0 Å². The monoisotopic (exact) mass is 307 g/mol. The lowest BCUT2D eigenvalue weighted by molar-refractivity contribution is -0.140. The number of ether oxygens (including phenoxy) is 1. The van der Waals surface area contributed by atoms with Crippen molar-refractivity contribution < 1.29 is 14.3 Å². The van der Waals surface area contributed by atoms with Crippen molar-refractivity contribution in [1.29, 1.82) is 0 Å². The van der Waals surface area contributed by atoms with Crippen LogP contribution in [0.4, 0.5) is 0 Å². The maximum Gasteiger partial charge on any atom is 0.418 e. The van der Waals surface area contributed by atoms with Crippen LogP contribution < -0.4 is 0 Å². The van der Waals surface area contributed by atoms with Crippen molar-refractivity contribution in [3.05, 3.63) is 5.53 Å². The molecule has 2 aliphatic carbocycles. The van der Waals surface area contributed by atoms with Gasteiger partial charge in [-0.25, -0.2) is 4.79 Å². The minimum Gasteiger partial charge on any atom is -0.457 e. The standard InChI is InChI=1S/C17H29N3O2/c1-2-22-17(21)16(19-18)13-20(14-9-5-3-6-10-14)15-11-7-4-8-12-15/h14-15H,2-13H2,1H3. The smallest absolute Gasteiger partial charge is 0.418 e. The fraction of sp³-hybridized carbons (Fsp3) is 0.882. The average molecular weight is 307 g/mol. The Morgan fingerprint density at radius 1 is 1.05 bits per heavy atom. The van der Waals surface area contributed by atoms with Gasteiger partial charge in [0.2, 0.25) is 0 Å². The van der Waals surface area contributed by atoms with Gasteiger partial charge in [-0.2, -0.15) is 4.79 Å². The number of hydrogen-bond acceptors (Lipinski definition) is 3. The van der Waals surface area contributed by atoms with E-state index < -0.39 is 5.97 Å². The first-order chi connectivity index (χ1) is 10.8. The number of nitrogens with zero attached hydrogens (tertiary/aromatic N) is 3. The molecule has 0 atom stereocenters. The van der Waals surface area contributed by atoms with Gasteiger partial charge in [-0.3, -0.25) is 4.90 Å². The first kappa shape index (κ1) is 17.2. The third kappa shape index (κ3) is 4.65. The van der Waals surface area contributed by atoms with Gasteiger partial charge in [-0.05, 0) is 32.6 Å². The Labute approximate surface area is 133 Å². The third-order valence-corrected chi connectivity index (χ3v) is 5.05. The van der Waals surface area contributed by atoms with Crippen molar-refractivity contribution >= 4 is 11.7 Å². The molecule has 0 spiro atoms. The maximum atomic E-state index is 11.9. The summed E-state index contributed by atoms with van der Waals surface area (Å²) in [7, 11) is 0. The Kier molecular flexibility index (Phi) is 7.07. The van der Waals surface area contributed by atoms with E-state index in [4.69, 9.17) is 4.74 Å². The number of esters is 1. The summed E-state index contributed by atoms with van der Waals surface area (Å²) >= 11 is 0. The molecule has 2 saturated carbocycles. The highest BCUT2D eigenvalue weighted by molar-refractivity contribution is 6.34. The zero-order chi connectivity index (χ0) is 15.8. The highest BCUT2D eigenvalue weighted by Gasteiger charge is 2.34. The second-order valence-electron chi connectivity index (χ2n) is 6.52. The summed E-state index contributed by atoms with van der Waals surface area (Å²) in [4.78, 5) is 17.6. The lowest BCUT2D eigenvalue weighted by Crippen LogP contribution is -2.49. The lowest BCUT2D eigenvalue weighted by Gasteiger charge is -2.40. The van der Waals surface area contributed by atoms with E-state index in [0.717, 1.165) is 0 Å². The normalized spacial score (nSPS) is 20.6. The van der Waals surface area contributed by atoms with Crippen LogP contribution in [0, 0.1) is 0 Å². The molecule has 0 N–H and O–H groups in total. The number of carbonyl (C=O) groups is 1. The SMILES string of the molecule is CCOC(=O)C(CN(C1CCCCC1)C1CCCCC1)=[N+]=[N-]. The van der Waals surface area contributed by atoms with E-state index in [1.54, 1.807) is 6.92 Å². The van der Waals surface area contributed by atoms with E-state index >= 15 is 0 Å². The van der Waals surface area contributed by atoms with Crippen LogP contribution in [0.2, 0.25) is 0 Å². The zero-order valence-corrected chi connectivity index (χ0v) is 13.8. The molecule has 0 amide bonds. The van der Waals surface area contributed by atoms with Gasteiger partial charge >= 0.3 is 11.7 Å². The molecule has 0 saturated heterocycles. The van der Waals surface area contributed by atoms with E-state index in [0.29, 0.717) is 25.2 Å². The molecule has 124 valence electrons. The van der Waals surface area contributed by atoms with Crippen molar-refractivity contribution in [3.63, 3.8) is 0 Å². The molecule has 2 aliphatic rings. The molecule has 0 aromatic carbocycles. The van der Waals surface area contributed by atoms with Crippen LogP contribution >= 0.6 is 0 Å². The molecule has 0 radical (unpaired) electrons. The Balaban J connectivity index is 2.08. The van der Waals surface area contributed by atoms with Crippen molar-refractivity contribution in [2.45, 2.75) is 83.2 Å². The molecule has 0 aliphatic heterocycles. The fourth-order valence-electron chi connectivity index (χ4n) is 3.91. The molecule has 0 unspecified atom stereocenters. The molecule has 5 heteroatoms. The minimum atomic E-state index is -0.485. The minimum absolute atomic E-state index is 0.151. The Bertz CT molecular complexity index is 388. The first-order valence-electron chi connectivity index (χ1n) is 8.90. The molecule has 0 bridgehead atoms. The van der Waals surface area contributed by atoms with Crippen molar-refractivity contribution in [3.8, 4) is 0 Å². The Morgan fingerprint density at radius 2 is 1.55 bits per heavy atom. The van der Waals surface area contributed by atoms with Crippen molar-refractivity contribution in [2.24, 2.45) is 0 Å². The number of hydrogen-bond donors (Lipinski definition) is 0. The molecule has 2 fully saturated rings. The van der Waals surface area contributed by atoms with Gasteiger partial charge in [-0.1, -0.05) is 38.5 Å². The fourth-order valence-corrected chi connectivity index (χ4v) is 3.91. The average Bonchev–Trinajstić information content (AvgIpc) is 2.57. The zero-order valence-electron chi connectivity index (χ0n) is 13.8. The summed E-state index contributed by atoms with van der Waals surface area (Å²) in [6.45, 7) is 2.50. The molecular formula is C17H29N3O2. The molecule has 0 heterocycles. The quantitative estimate of drug-likeness (QED) is 0.327. The second kappa shape index (κ2) is 9.06. The van der Waals surface area contributed by atoms with Crippen LogP contribution in [0.3, 0.4) is 0 Å². The van der Waals surface area contributed by atoms with Crippen LogP contribution in [-0.2, 0) is 9.53 Å². The van der Waals surface area contributed by atoms with Crippen LogP contribution in [0.1, 0.15) is 71.1 Å².